The van der Waals surface area contributed by atoms with Crippen molar-refractivity contribution in [2.75, 3.05) is 0 Å². The number of phenolic OH excluding ortho intramolecular Hbond substituents is 2. The van der Waals surface area contributed by atoms with E-state index in [1.165, 1.54) is 12.1 Å². The van der Waals surface area contributed by atoms with Gasteiger partial charge in [0.1, 0.15) is 17.6 Å². The molecule has 4 aliphatic rings. The molecule has 1 heterocycles. The van der Waals surface area contributed by atoms with Crippen LogP contribution in [0.5, 0.6) is 11.5 Å². The molecule has 0 amide bonds. The molecule has 0 spiro atoms. The molecule has 3 aliphatic carbocycles. The summed E-state index contributed by atoms with van der Waals surface area (Å²) in [5.74, 6) is -1.48. The molecule has 1 aliphatic heterocycles. The van der Waals surface area contributed by atoms with E-state index in [1.807, 2.05) is 0 Å². The highest BCUT2D eigenvalue weighted by Crippen LogP contribution is 2.62. The van der Waals surface area contributed by atoms with Crippen LogP contribution >= 0.6 is 0 Å². The van der Waals surface area contributed by atoms with Gasteiger partial charge in [-0.25, -0.2) is 0 Å². The van der Waals surface area contributed by atoms with E-state index in [0.29, 0.717) is 16.7 Å². The second kappa shape index (κ2) is 4.34. The van der Waals surface area contributed by atoms with Gasteiger partial charge in [-0.15, -0.1) is 0 Å². The average Bonchev–Trinajstić information content (AvgIpc) is 3.39. The average molecular weight is 350 g/mol. The number of phenols is 2. The maximum absolute atomic E-state index is 12.7. The largest absolute Gasteiger partial charge is 0.507 e. The molecule has 26 heavy (non-hydrogen) atoms. The van der Waals surface area contributed by atoms with Gasteiger partial charge in [-0.3, -0.25) is 9.59 Å². The number of rotatable bonds is 0. The number of aromatic hydroxyl groups is 2. The van der Waals surface area contributed by atoms with Gasteiger partial charge >= 0.3 is 0 Å². The number of fused-ring (bicyclic) bond motifs is 4. The smallest absolute Gasteiger partial charge is 0.198 e. The van der Waals surface area contributed by atoms with Crippen LogP contribution in [0.2, 0.25) is 0 Å². The Kier molecular flexibility index (Phi) is 2.41. The summed E-state index contributed by atoms with van der Waals surface area (Å²) in [6.45, 7) is 0. The van der Waals surface area contributed by atoms with Crippen molar-refractivity contribution in [2.24, 2.45) is 0 Å². The van der Waals surface area contributed by atoms with Gasteiger partial charge in [-0.2, -0.15) is 0 Å². The first kappa shape index (κ1) is 14.5. The van der Waals surface area contributed by atoms with E-state index < -0.39 is 18.1 Å². The number of ketones is 2. The van der Waals surface area contributed by atoms with E-state index in [-0.39, 0.29) is 52.6 Å². The molecule has 2 aromatic carbocycles. The lowest BCUT2D eigenvalue weighted by Crippen LogP contribution is -2.40. The topological polar surface area (TPSA) is 107 Å². The highest BCUT2D eigenvalue weighted by molar-refractivity contribution is 6.10. The van der Waals surface area contributed by atoms with Gasteiger partial charge < -0.3 is 20.1 Å². The van der Waals surface area contributed by atoms with Gasteiger partial charge in [-0.05, 0) is 34.4 Å². The van der Waals surface area contributed by atoms with E-state index in [1.54, 1.807) is 12.1 Å². The number of hydrogen-bond donors (Lipinski definition) is 3. The van der Waals surface area contributed by atoms with Crippen LogP contribution in [-0.2, 0) is 4.74 Å². The van der Waals surface area contributed by atoms with Crippen molar-refractivity contribution in [3.8, 4) is 22.6 Å². The summed E-state index contributed by atoms with van der Waals surface area (Å²) < 4.78 is 5.62. The van der Waals surface area contributed by atoms with E-state index in [9.17, 15) is 24.9 Å². The Bertz CT molecular complexity index is 1030. The number of aliphatic hydroxyl groups excluding tert-OH is 1. The molecule has 6 nitrogen and oxygen atoms in total. The fraction of sp³-hybridized carbons (Fsp3) is 0.300. The molecule has 0 radical (unpaired) electrons. The number of benzene rings is 2. The maximum Gasteiger partial charge on any atom is 0.198 e. The molecule has 130 valence electrons. The highest BCUT2D eigenvalue weighted by Gasteiger charge is 2.62. The zero-order valence-electron chi connectivity index (χ0n) is 13.5. The van der Waals surface area contributed by atoms with Crippen molar-refractivity contribution in [1.82, 2.24) is 0 Å². The molecule has 1 fully saturated rings. The van der Waals surface area contributed by atoms with Crippen molar-refractivity contribution >= 4 is 11.6 Å². The molecule has 0 bridgehead atoms. The van der Waals surface area contributed by atoms with Crippen molar-refractivity contribution in [2.45, 2.75) is 36.6 Å². The minimum absolute atomic E-state index is 0.0833. The van der Waals surface area contributed by atoms with Crippen molar-refractivity contribution < 1.29 is 29.6 Å². The SMILES string of the molecule is O=C1C[C@@H](O)[C@H]2c3c(ccc(O)c31)-c1ccc(O)c3c1[C@H]2[C@H]1O[C@H]1C3=O. The van der Waals surface area contributed by atoms with Gasteiger partial charge in [0.05, 0.1) is 23.3 Å². The molecular weight excluding hydrogens is 336 g/mol. The fourth-order valence-corrected chi connectivity index (χ4v) is 5.26. The summed E-state index contributed by atoms with van der Waals surface area (Å²) in [4.78, 5) is 25.1. The molecule has 0 unspecified atom stereocenters. The first-order chi connectivity index (χ1) is 12.5. The summed E-state index contributed by atoms with van der Waals surface area (Å²) in [7, 11) is 0. The predicted octanol–water partition coefficient (Wildman–Crippen LogP) is 1.86. The predicted molar refractivity (Wildman–Crippen MR) is 88.6 cm³/mol. The molecule has 6 rings (SSSR count). The number of ether oxygens (including phenoxy) is 1. The van der Waals surface area contributed by atoms with Crippen LogP contribution in [0.4, 0.5) is 0 Å². The summed E-state index contributed by atoms with van der Waals surface area (Å²) in [5, 5.41) is 31.3. The van der Waals surface area contributed by atoms with E-state index >= 15 is 0 Å². The zero-order valence-corrected chi connectivity index (χ0v) is 13.5. The highest BCUT2D eigenvalue weighted by atomic mass is 16.6. The van der Waals surface area contributed by atoms with Gasteiger partial charge in [0.2, 0.25) is 0 Å². The van der Waals surface area contributed by atoms with Gasteiger partial charge in [0.15, 0.2) is 11.6 Å². The fourth-order valence-electron chi connectivity index (χ4n) is 5.26. The summed E-state index contributed by atoms with van der Waals surface area (Å²) in [6.07, 6.45) is -1.99. The van der Waals surface area contributed by atoms with Crippen LogP contribution in [0.15, 0.2) is 24.3 Å². The molecule has 0 aromatic heterocycles. The van der Waals surface area contributed by atoms with Crippen LogP contribution in [0.25, 0.3) is 11.1 Å². The van der Waals surface area contributed by atoms with Crippen LogP contribution in [-0.4, -0.2) is 45.2 Å². The van der Waals surface area contributed by atoms with Crippen LogP contribution < -0.4 is 0 Å². The van der Waals surface area contributed by atoms with Crippen molar-refractivity contribution in [3.05, 3.63) is 46.5 Å². The number of epoxide rings is 1. The second-order valence-electron chi connectivity index (χ2n) is 7.47. The van der Waals surface area contributed by atoms with E-state index in [4.69, 9.17) is 4.74 Å². The van der Waals surface area contributed by atoms with Gasteiger partial charge in [0.25, 0.3) is 0 Å². The number of carbonyl (C=O) groups is 2. The molecule has 5 atom stereocenters. The Hall–Kier alpha value is -2.70. The first-order valence-electron chi connectivity index (χ1n) is 8.62. The first-order valence-corrected chi connectivity index (χ1v) is 8.62. The normalized spacial score (nSPS) is 32.6. The third-order valence-corrected chi connectivity index (χ3v) is 6.26. The standard InChI is InChI=1S/C20H14O6/c21-8-3-1-6-7-2-4-9(22)16-13(7)17(19-20(26-19)18(16)25)15-11(24)5-10(23)14(8)12(6)15/h1-4,11,15,17,19-22,24H,5H2/t11-,15+,17-,19-,20+/m1/s1. The Morgan fingerprint density at radius 3 is 2.19 bits per heavy atom. The number of carbonyl (C=O) groups excluding carboxylic acids is 2. The Balaban J connectivity index is 1.77. The Morgan fingerprint density at radius 2 is 1.50 bits per heavy atom. The second-order valence-corrected chi connectivity index (χ2v) is 7.47. The maximum atomic E-state index is 12.7. The molecule has 6 heteroatoms. The third-order valence-electron chi connectivity index (χ3n) is 6.26. The quantitative estimate of drug-likeness (QED) is 0.626. The Labute approximate surface area is 147 Å². The lowest BCUT2D eigenvalue weighted by molar-refractivity contribution is 0.0729. The van der Waals surface area contributed by atoms with Crippen LogP contribution in [0, 0.1) is 0 Å². The molecule has 3 N–H and O–H groups in total. The van der Waals surface area contributed by atoms with Crippen molar-refractivity contribution in [1.29, 1.82) is 0 Å². The van der Waals surface area contributed by atoms with Gasteiger partial charge in [0, 0.05) is 18.3 Å². The molecule has 0 saturated carbocycles. The number of Topliss-reactive ketones (excluding diaryl/α,β-unsaturated/α-hetero) is 2. The molecular formula is C20H14O6. The zero-order chi connectivity index (χ0) is 17.9. The summed E-state index contributed by atoms with van der Waals surface area (Å²) in [5.41, 5.74) is 3.30. The minimum atomic E-state index is -0.929. The van der Waals surface area contributed by atoms with E-state index in [2.05, 4.69) is 0 Å². The summed E-state index contributed by atoms with van der Waals surface area (Å²) >= 11 is 0. The van der Waals surface area contributed by atoms with Crippen LogP contribution in [0.3, 0.4) is 0 Å². The molecule has 1 saturated heterocycles. The van der Waals surface area contributed by atoms with Gasteiger partial charge in [-0.1, -0.05) is 12.1 Å². The number of hydrogen-bond acceptors (Lipinski definition) is 6. The Morgan fingerprint density at radius 1 is 0.885 bits per heavy atom. The lowest BCUT2D eigenvalue weighted by Gasteiger charge is -2.42. The summed E-state index contributed by atoms with van der Waals surface area (Å²) in [6, 6.07) is 6.39. The molecule has 2 aromatic rings. The lowest BCUT2D eigenvalue weighted by atomic mass is 9.60. The van der Waals surface area contributed by atoms with Crippen LogP contribution in [0.1, 0.15) is 50.1 Å². The monoisotopic (exact) mass is 350 g/mol. The third kappa shape index (κ3) is 1.47. The minimum Gasteiger partial charge on any atom is -0.507 e. The van der Waals surface area contributed by atoms with E-state index in [0.717, 1.165) is 5.56 Å². The van der Waals surface area contributed by atoms with Crippen molar-refractivity contribution in [3.63, 3.8) is 0 Å². The number of aliphatic hydroxyl groups is 1.